The Kier molecular flexibility index (Phi) is 6.53. The molecule has 0 spiro atoms. The topological polar surface area (TPSA) is 88.8 Å². The first-order valence-electron chi connectivity index (χ1n) is 8.65. The van der Waals surface area contributed by atoms with Crippen LogP contribution in [0, 0.1) is 10.1 Å². The molecule has 3 rings (SSSR count). The van der Waals surface area contributed by atoms with E-state index in [0.29, 0.717) is 47.8 Å². The number of benzene rings is 1. The van der Waals surface area contributed by atoms with Gasteiger partial charge in [-0.05, 0) is 18.2 Å². The van der Waals surface area contributed by atoms with Crippen LogP contribution in [0.5, 0.6) is 5.75 Å². The Bertz CT molecular complexity index is 855. The summed E-state index contributed by atoms with van der Waals surface area (Å²) in [5.41, 5.74) is -0.0441. The first-order valence-corrected chi connectivity index (χ1v) is 9.41. The van der Waals surface area contributed by atoms with Gasteiger partial charge in [0, 0.05) is 32.2 Å². The minimum atomic E-state index is -0.480. The Labute approximate surface area is 171 Å². The molecule has 0 saturated carbocycles. The van der Waals surface area contributed by atoms with E-state index in [4.69, 9.17) is 27.9 Å². The minimum Gasteiger partial charge on any atom is -0.491 e. The molecule has 148 valence electrons. The molecule has 10 heteroatoms. The maximum absolute atomic E-state index is 12.4. The van der Waals surface area contributed by atoms with Crippen molar-refractivity contribution < 1.29 is 14.5 Å². The number of amides is 1. The predicted octanol–water partition coefficient (Wildman–Crippen LogP) is 3.41. The Hall–Kier alpha value is -2.58. The van der Waals surface area contributed by atoms with Gasteiger partial charge in [0.15, 0.2) is 0 Å². The third kappa shape index (κ3) is 4.82. The van der Waals surface area contributed by atoms with Crippen molar-refractivity contribution >= 4 is 40.6 Å². The fourth-order valence-corrected chi connectivity index (χ4v) is 3.21. The van der Waals surface area contributed by atoms with Gasteiger partial charge < -0.3 is 14.5 Å². The van der Waals surface area contributed by atoms with E-state index in [2.05, 4.69) is 4.98 Å². The molecule has 8 nitrogen and oxygen atoms in total. The van der Waals surface area contributed by atoms with Crippen molar-refractivity contribution in [2.45, 2.75) is 6.42 Å². The molecule has 2 aromatic rings. The van der Waals surface area contributed by atoms with Gasteiger partial charge in [0.1, 0.15) is 22.8 Å². The Morgan fingerprint density at radius 1 is 1.18 bits per heavy atom. The molecule has 1 fully saturated rings. The van der Waals surface area contributed by atoms with Crippen molar-refractivity contribution in [1.29, 1.82) is 0 Å². The molecule has 1 saturated heterocycles. The van der Waals surface area contributed by atoms with E-state index in [0.717, 1.165) is 0 Å². The molecule has 0 aliphatic carbocycles. The molecule has 2 heterocycles. The molecular formula is C18H18Cl2N4O4. The molecule has 1 aromatic heterocycles. The number of ether oxygens (including phenoxy) is 1. The van der Waals surface area contributed by atoms with Gasteiger partial charge in [-0.3, -0.25) is 14.9 Å². The number of piperazine rings is 1. The highest BCUT2D eigenvalue weighted by atomic mass is 35.5. The Balaban J connectivity index is 1.46. The van der Waals surface area contributed by atoms with E-state index in [1.165, 1.54) is 12.3 Å². The number of hydrogen-bond acceptors (Lipinski definition) is 6. The van der Waals surface area contributed by atoms with Crippen molar-refractivity contribution in [2.75, 3.05) is 37.7 Å². The summed E-state index contributed by atoms with van der Waals surface area (Å²) >= 11 is 12.0. The van der Waals surface area contributed by atoms with E-state index in [9.17, 15) is 14.9 Å². The van der Waals surface area contributed by atoms with Crippen molar-refractivity contribution in [3.8, 4) is 5.75 Å². The van der Waals surface area contributed by atoms with Gasteiger partial charge in [0.2, 0.25) is 5.91 Å². The molecule has 0 bridgehead atoms. The molecular weight excluding hydrogens is 407 g/mol. The fourth-order valence-electron chi connectivity index (χ4n) is 2.86. The van der Waals surface area contributed by atoms with Crippen molar-refractivity contribution in [2.24, 2.45) is 0 Å². The number of rotatable bonds is 6. The minimum absolute atomic E-state index is 0.00513. The third-order valence-corrected chi connectivity index (χ3v) is 5.19. The van der Waals surface area contributed by atoms with Crippen LogP contribution in [0.4, 0.5) is 11.5 Å². The van der Waals surface area contributed by atoms with Crippen LogP contribution >= 0.6 is 23.2 Å². The number of halogens is 2. The van der Waals surface area contributed by atoms with E-state index < -0.39 is 4.92 Å². The lowest BCUT2D eigenvalue weighted by atomic mass is 10.2. The number of carbonyl (C=O) groups excluding carboxylic acids is 1. The summed E-state index contributed by atoms with van der Waals surface area (Å²) in [6, 6.07) is 8.16. The molecule has 1 aliphatic rings. The second-order valence-corrected chi connectivity index (χ2v) is 6.94. The third-order valence-electron chi connectivity index (χ3n) is 4.39. The predicted molar refractivity (Wildman–Crippen MR) is 106 cm³/mol. The van der Waals surface area contributed by atoms with Crippen molar-refractivity contribution in [3.05, 3.63) is 56.7 Å². The van der Waals surface area contributed by atoms with Crippen LogP contribution in [0.1, 0.15) is 6.42 Å². The van der Waals surface area contributed by atoms with Crippen LogP contribution in [0.15, 0.2) is 36.5 Å². The first-order chi connectivity index (χ1) is 13.5. The smallest absolute Gasteiger partial charge is 0.287 e. The number of nitrogens with zero attached hydrogens (tertiary/aromatic N) is 4. The number of anilines is 1. The van der Waals surface area contributed by atoms with Crippen LogP contribution in [0.3, 0.4) is 0 Å². The summed E-state index contributed by atoms with van der Waals surface area (Å²) in [6.07, 6.45) is 1.48. The summed E-state index contributed by atoms with van der Waals surface area (Å²) < 4.78 is 5.56. The fraction of sp³-hybridized carbons (Fsp3) is 0.333. The lowest BCUT2D eigenvalue weighted by molar-refractivity contribution is -0.385. The molecule has 0 N–H and O–H groups in total. The summed E-state index contributed by atoms with van der Waals surface area (Å²) in [5.74, 6) is 1.11. The zero-order valence-electron chi connectivity index (χ0n) is 14.9. The normalized spacial score (nSPS) is 14.1. The van der Waals surface area contributed by atoms with Gasteiger partial charge in [-0.1, -0.05) is 29.3 Å². The Morgan fingerprint density at radius 3 is 2.57 bits per heavy atom. The average Bonchev–Trinajstić information content (AvgIpc) is 2.71. The van der Waals surface area contributed by atoms with Crippen LogP contribution in [-0.2, 0) is 4.79 Å². The number of nitro groups is 1. The van der Waals surface area contributed by atoms with Crippen LogP contribution in [-0.4, -0.2) is 53.5 Å². The zero-order valence-corrected chi connectivity index (χ0v) is 16.4. The van der Waals surface area contributed by atoms with Gasteiger partial charge >= 0.3 is 0 Å². The number of aromatic nitrogens is 1. The monoisotopic (exact) mass is 424 g/mol. The lowest BCUT2D eigenvalue weighted by Crippen LogP contribution is -2.49. The second-order valence-electron chi connectivity index (χ2n) is 6.15. The van der Waals surface area contributed by atoms with Gasteiger partial charge in [0.25, 0.3) is 5.69 Å². The molecule has 1 aromatic carbocycles. The van der Waals surface area contributed by atoms with E-state index in [1.54, 1.807) is 29.2 Å². The summed E-state index contributed by atoms with van der Waals surface area (Å²) in [4.78, 5) is 30.5. The summed E-state index contributed by atoms with van der Waals surface area (Å²) in [6.45, 7) is 2.53. The van der Waals surface area contributed by atoms with Crippen LogP contribution in [0.2, 0.25) is 10.0 Å². The van der Waals surface area contributed by atoms with Gasteiger partial charge in [-0.15, -0.1) is 0 Å². The largest absolute Gasteiger partial charge is 0.491 e. The number of carbonyl (C=O) groups is 1. The van der Waals surface area contributed by atoms with Crippen LogP contribution in [0.25, 0.3) is 0 Å². The summed E-state index contributed by atoms with van der Waals surface area (Å²) in [7, 11) is 0. The SMILES string of the molecule is O=C(CCOc1cccc(Cl)c1Cl)N1CCN(c2ccc([N+](=O)[O-])cn2)CC1. The van der Waals surface area contributed by atoms with E-state index >= 15 is 0 Å². The highest BCUT2D eigenvalue weighted by Gasteiger charge is 2.22. The molecule has 1 aliphatic heterocycles. The second kappa shape index (κ2) is 9.07. The van der Waals surface area contributed by atoms with Crippen molar-refractivity contribution in [1.82, 2.24) is 9.88 Å². The van der Waals surface area contributed by atoms with Gasteiger partial charge in [0.05, 0.1) is 23.0 Å². The number of hydrogen-bond donors (Lipinski definition) is 0. The molecule has 0 unspecified atom stereocenters. The quantitative estimate of drug-likeness (QED) is 0.521. The highest BCUT2D eigenvalue weighted by Crippen LogP contribution is 2.31. The summed E-state index contributed by atoms with van der Waals surface area (Å²) in [5, 5.41) is 11.4. The number of pyridine rings is 1. The molecule has 28 heavy (non-hydrogen) atoms. The standard InChI is InChI=1S/C18H18Cl2N4O4/c19-14-2-1-3-15(18(14)20)28-11-6-17(25)23-9-7-22(8-10-23)16-5-4-13(12-21-16)24(26)27/h1-5,12H,6-11H2. The van der Waals surface area contributed by atoms with Crippen molar-refractivity contribution in [3.63, 3.8) is 0 Å². The maximum atomic E-state index is 12.4. The first kappa shape index (κ1) is 20.2. The highest BCUT2D eigenvalue weighted by molar-refractivity contribution is 6.42. The zero-order chi connectivity index (χ0) is 20.1. The molecule has 0 radical (unpaired) electrons. The maximum Gasteiger partial charge on any atom is 0.287 e. The van der Waals surface area contributed by atoms with Crippen LogP contribution < -0.4 is 9.64 Å². The van der Waals surface area contributed by atoms with Gasteiger partial charge in [-0.2, -0.15) is 0 Å². The molecule has 1 amide bonds. The lowest BCUT2D eigenvalue weighted by Gasteiger charge is -2.35. The Morgan fingerprint density at radius 2 is 1.93 bits per heavy atom. The van der Waals surface area contributed by atoms with E-state index in [1.807, 2.05) is 4.90 Å². The van der Waals surface area contributed by atoms with E-state index in [-0.39, 0.29) is 24.6 Å². The van der Waals surface area contributed by atoms with Gasteiger partial charge in [-0.25, -0.2) is 4.98 Å². The average molecular weight is 425 g/mol. The molecule has 0 atom stereocenters.